The Kier molecular flexibility index (Phi) is 7.44. The summed E-state index contributed by atoms with van der Waals surface area (Å²) < 4.78 is 34.0. The van der Waals surface area contributed by atoms with Gasteiger partial charge in [-0.15, -0.1) is 0 Å². The predicted octanol–water partition coefficient (Wildman–Crippen LogP) is 2.61. The topological polar surface area (TPSA) is 105 Å². The van der Waals surface area contributed by atoms with Crippen LogP contribution in [-0.4, -0.2) is 39.4 Å². The molecule has 3 rings (SSSR count). The number of carbonyl (C=O) groups excluding carboxylic acids is 2. The van der Waals surface area contributed by atoms with E-state index in [1.54, 1.807) is 38.0 Å². The lowest BCUT2D eigenvalue weighted by Crippen LogP contribution is -2.49. The van der Waals surface area contributed by atoms with E-state index < -0.39 is 22.0 Å². The van der Waals surface area contributed by atoms with E-state index in [2.05, 4.69) is 10.0 Å². The highest BCUT2D eigenvalue weighted by Crippen LogP contribution is 2.34. The monoisotopic (exact) mass is 473 g/mol. The van der Waals surface area contributed by atoms with E-state index in [0.29, 0.717) is 12.2 Å². The van der Waals surface area contributed by atoms with Crippen molar-refractivity contribution < 1.29 is 22.7 Å². The van der Waals surface area contributed by atoms with Crippen LogP contribution in [0.5, 0.6) is 5.75 Å². The van der Waals surface area contributed by atoms with Crippen molar-refractivity contribution in [3.8, 4) is 5.75 Å². The van der Waals surface area contributed by atoms with Crippen LogP contribution < -0.4 is 19.7 Å². The van der Waals surface area contributed by atoms with E-state index >= 15 is 0 Å². The largest absolute Gasteiger partial charge is 0.497 e. The lowest BCUT2D eigenvalue weighted by Gasteiger charge is -2.22. The van der Waals surface area contributed by atoms with Crippen LogP contribution in [-0.2, 0) is 32.6 Å². The molecule has 2 aromatic carbocycles. The molecular formula is C24H31N3O5S. The van der Waals surface area contributed by atoms with Gasteiger partial charge in [0.15, 0.2) is 0 Å². The molecule has 2 amide bonds. The Morgan fingerprint density at radius 1 is 1.18 bits per heavy atom. The molecule has 2 atom stereocenters. The Bertz CT molecular complexity index is 1150. The summed E-state index contributed by atoms with van der Waals surface area (Å²) in [5.41, 5.74) is 2.37. The molecule has 0 unspecified atom stereocenters. The first-order valence-corrected chi connectivity index (χ1v) is 12.4. The standard InChI is InChI=1S/C24H31N3O5S/c1-15(2)23(24(29)25-14-18-7-6-8-20(12-18)32-5)26-33(30,31)21-9-10-22-19(13-21)11-16(3)27(22)17(4)28/h6-10,12-13,15-16,23,26H,11,14H2,1-5H3,(H,25,29)/t16-,23-/m0/s1. The van der Waals surface area contributed by atoms with Gasteiger partial charge >= 0.3 is 0 Å². The van der Waals surface area contributed by atoms with Crippen LogP contribution in [0.4, 0.5) is 5.69 Å². The predicted molar refractivity (Wildman–Crippen MR) is 127 cm³/mol. The molecule has 9 heteroatoms. The normalized spacial score (nSPS) is 16.4. The fourth-order valence-electron chi connectivity index (χ4n) is 4.06. The van der Waals surface area contributed by atoms with Gasteiger partial charge in [0.25, 0.3) is 0 Å². The van der Waals surface area contributed by atoms with Crippen LogP contribution in [0, 0.1) is 5.92 Å². The molecule has 0 spiro atoms. The quantitative estimate of drug-likeness (QED) is 0.613. The van der Waals surface area contributed by atoms with Gasteiger partial charge in [0.1, 0.15) is 11.8 Å². The van der Waals surface area contributed by atoms with Crippen molar-refractivity contribution in [3.63, 3.8) is 0 Å². The highest BCUT2D eigenvalue weighted by atomic mass is 32.2. The van der Waals surface area contributed by atoms with Crippen molar-refractivity contribution in [2.45, 2.75) is 57.6 Å². The van der Waals surface area contributed by atoms with Crippen molar-refractivity contribution in [1.82, 2.24) is 10.0 Å². The van der Waals surface area contributed by atoms with Gasteiger partial charge in [-0.05, 0) is 60.7 Å². The van der Waals surface area contributed by atoms with Crippen LogP contribution in [0.1, 0.15) is 38.8 Å². The number of amides is 2. The minimum atomic E-state index is -3.95. The fourth-order valence-corrected chi connectivity index (χ4v) is 5.46. The summed E-state index contributed by atoms with van der Waals surface area (Å²) in [6, 6.07) is 11.0. The summed E-state index contributed by atoms with van der Waals surface area (Å²) in [5.74, 6) is -0.0821. The number of nitrogens with zero attached hydrogens (tertiary/aromatic N) is 1. The second kappa shape index (κ2) is 9.93. The van der Waals surface area contributed by atoms with Crippen LogP contribution in [0.25, 0.3) is 0 Å². The number of hydrogen-bond acceptors (Lipinski definition) is 5. The Balaban J connectivity index is 1.75. The van der Waals surface area contributed by atoms with Crippen LogP contribution in [0.2, 0.25) is 0 Å². The number of anilines is 1. The zero-order valence-electron chi connectivity index (χ0n) is 19.6. The maximum absolute atomic E-state index is 13.1. The lowest BCUT2D eigenvalue weighted by atomic mass is 10.0. The molecule has 0 saturated carbocycles. The van der Waals surface area contributed by atoms with Crippen LogP contribution in [0.15, 0.2) is 47.4 Å². The number of benzene rings is 2. The molecule has 2 N–H and O–H groups in total. The molecule has 0 saturated heterocycles. The first-order chi connectivity index (χ1) is 15.5. The van der Waals surface area contributed by atoms with E-state index in [9.17, 15) is 18.0 Å². The molecular weight excluding hydrogens is 442 g/mol. The van der Waals surface area contributed by atoms with Gasteiger partial charge in [-0.3, -0.25) is 9.59 Å². The molecule has 33 heavy (non-hydrogen) atoms. The smallest absolute Gasteiger partial charge is 0.241 e. The van der Waals surface area contributed by atoms with Crippen molar-refractivity contribution in [2.24, 2.45) is 5.92 Å². The number of methoxy groups -OCH3 is 1. The van der Waals surface area contributed by atoms with Gasteiger partial charge in [-0.25, -0.2) is 8.42 Å². The maximum Gasteiger partial charge on any atom is 0.241 e. The Morgan fingerprint density at radius 3 is 2.55 bits per heavy atom. The molecule has 2 aromatic rings. The van der Waals surface area contributed by atoms with Crippen molar-refractivity contribution in [2.75, 3.05) is 12.0 Å². The molecule has 1 heterocycles. The third kappa shape index (κ3) is 5.54. The number of nitrogens with one attached hydrogen (secondary N) is 2. The summed E-state index contributed by atoms with van der Waals surface area (Å²) in [6.45, 7) is 7.24. The van der Waals surface area contributed by atoms with E-state index in [0.717, 1.165) is 16.8 Å². The van der Waals surface area contributed by atoms with Crippen molar-refractivity contribution in [3.05, 3.63) is 53.6 Å². The summed E-state index contributed by atoms with van der Waals surface area (Å²) in [5, 5.41) is 2.81. The summed E-state index contributed by atoms with van der Waals surface area (Å²) in [4.78, 5) is 26.5. The number of fused-ring (bicyclic) bond motifs is 1. The Hall–Kier alpha value is -2.91. The zero-order valence-corrected chi connectivity index (χ0v) is 20.4. The number of carbonyl (C=O) groups is 2. The SMILES string of the molecule is COc1cccc(CNC(=O)[C@@H](NS(=O)(=O)c2ccc3c(c2)C[C@H](C)N3C(C)=O)C(C)C)c1. The number of hydrogen-bond donors (Lipinski definition) is 2. The zero-order chi connectivity index (χ0) is 24.3. The van der Waals surface area contributed by atoms with Gasteiger partial charge in [-0.1, -0.05) is 26.0 Å². The van der Waals surface area contributed by atoms with Crippen molar-refractivity contribution in [1.29, 1.82) is 0 Å². The summed E-state index contributed by atoms with van der Waals surface area (Å²) >= 11 is 0. The first-order valence-electron chi connectivity index (χ1n) is 10.9. The van der Waals surface area contributed by atoms with Gasteiger partial charge in [0, 0.05) is 25.2 Å². The number of ether oxygens (including phenoxy) is 1. The van der Waals surface area contributed by atoms with Crippen molar-refractivity contribution >= 4 is 27.5 Å². The highest BCUT2D eigenvalue weighted by molar-refractivity contribution is 7.89. The van der Waals surface area contributed by atoms with E-state index in [1.807, 2.05) is 31.2 Å². The third-order valence-electron chi connectivity index (χ3n) is 5.75. The average Bonchev–Trinajstić information content (AvgIpc) is 3.10. The minimum absolute atomic E-state index is 0.0331. The summed E-state index contributed by atoms with van der Waals surface area (Å²) in [6.07, 6.45) is 0.576. The molecule has 0 radical (unpaired) electrons. The maximum atomic E-state index is 13.1. The van der Waals surface area contributed by atoms with Crippen LogP contribution in [0.3, 0.4) is 0 Å². The number of rotatable bonds is 8. The fraction of sp³-hybridized carbons (Fsp3) is 0.417. The van der Waals surface area contributed by atoms with Gasteiger partial charge < -0.3 is 15.0 Å². The molecule has 8 nitrogen and oxygen atoms in total. The van der Waals surface area contributed by atoms with E-state index in [4.69, 9.17) is 4.74 Å². The third-order valence-corrected chi connectivity index (χ3v) is 7.19. The first kappa shape index (κ1) is 24.7. The van der Waals surface area contributed by atoms with E-state index in [-0.39, 0.29) is 29.3 Å². The number of sulfonamides is 1. The molecule has 178 valence electrons. The van der Waals surface area contributed by atoms with Gasteiger partial charge in [-0.2, -0.15) is 4.72 Å². The second-order valence-corrected chi connectivity index (χ2v) is 10.4. The van der Waals surface area contributed by atoms with Gasteiger partial charge in [0.05, 0.1) is 12.0 Å². The minimum Gasteiger partial charge on any atom is -0.497 e. The summed E-state index contributed by atoms with van der Waals surface area (Å²) in [7, 11) is -2.39. The molecule has 0 bridgehead atoms. The lowest BCUT2D eigenvalue weighted by molar-refractivity contribution is -0.123. The highest BCUT2D eigenvalue weighted by Gasteiger charge is 2.32. The molecule has 1 aliphatic rings. The molecule has 0 fully saturated rings. The average molecular weight is 474 g/mol. The van der Waals surface area contributed by atoms with Gasteiger partial charge in [0.2, 0.25) is 21.8 Å². The van der Waals surface area contributed by atoms with E-state index in [1.165, 1.54) is 13.0 Å². The second-order valence-electron chi connectivity index (χ2n) is 8.64. The Labute approximate surface area is 195 Å². The molecule has 1 aliphatic heterocycles. The molecule has 0 aliphatic carbocycles. The molecule has 0 aromatic heterocycles. The Morgan fingerprint density at radius 2 is 1.91 bits per heavy atom. The van der Waals surface area contributed by atoms with Crippen LogP contribution >= 0.6 is 0 Å².